The Bertz CT molecular complexity index is 2020. The van der Waals surface area contributed by atoms with Gasteiger partial charge in [0.1, 0.15) is 11.5 Å². The minimum absolute atomic E-state index is 0.0738. The van der Waals surface area contributed by atoms with Crippen LogP contribution in [0.1, 0.15) is 17.0 Å². The van der Waals surface area contributed by atoms with Crippen LogP contribution in [0.25, 0.3) is 54.9 Å². The summed E-state index contributed by atoms with van der Waals surface area (Å²) in [6.45, 7) is 3.18. The monoisotopic (exact) mass is 568 g/mol. The number of aryl methyl sites for hydroxylation is 1. The van der Waals surface area contributed by atoms with Crippen LogP contribution in [0.3, 0.4) is 0 Å². The summed E-state index contributed by atoms with van der Waals surface area (Å²) in [5.41, 5.74) is 9.54. The molecular weight excluding hydrogens is 536 g/mol. The fourth-order valence-electron chi connectivity index (χ4n) is 6.43. The van der Waals surface area contributed by atoms with Gasteiger partial charge in [-0.15, -0.1) is 0 Å². The van der Waals surface area contributed by atoms with Crippen molar-refractivity contribution in [2.24, 2.45) is 0 Å². The Morgan fingerprint density at radius 3 is 1.32 bits per heavy atom. The van der Waals surface area contributed by atoms with E-state index in [1.807, 2.05) is 0 Å². The molecule has 1 heterocycles. The molecule has 7 aromatic carbocycles. The summed E-state index contributed by atoms with van der Waals surface area (Å²) in [6, 6.07) is 52.0. The molecule has 44 heavy (non-hydrogen) atoms. The predicted molar refractivity (Wildman–Crippen MR) is 183 cm³/mol. The zero-order chi connectivity index (χ0) is 29.5. The van der Waals surface area contributed by atoms with Crippen LogP contribution in [0.5, 0.6) is 11.5 Å². The van der Waals surface area contributed by atoms with E-state index in [0.29, 0.717) is 13.2 Å². The third-order valence-electron chi connectivity index (χ3n) is 8.90. The molecule has 0 N–H and O–H groups in total. The maximum Gasteiger partial charge on any atom is 0.127 e. The van der Waals surface area contributed by atoms with Gasteiger partial charge in [-0.2, -0.15) is 0 Å². The summed E-state index contributed by atoms with van der Waals surface area (Å²) in [4.78, 5) is 0. The van der Waals surface area contributed by atoms with Crippen LogP contribution in [-0.4, -0.2) is 13.2 Å². The SMILES string of the molecule is Cc1ccc(-c2ccc(-c3ccc(C4COc5ccc6ccccc6c5-c5c(ccc6ccccc56)OC4)cc3)cc2)cc1. The Morgan fingerprint density at radius 1 is 0.432 bits per heavy atom. The van der Waals surface area contributed by atoms with Crippen LogP contribution >= 0.6 is 0 Å². The number of rotatable bonds is 3. The summed E-state index contributed by atoms with van der Waals surface area (Å²) in [5.74, 6) is 1.86. The fraction of sp³-hybridized carbons (Fsp3) is 0.0952. The number of hydrogen-bond donors (Lipinski definition) is 0. The van der Waals surface area contributed by atoms with E-state index in [-0.39, 0.29) is 5.92 Å². The molecule has 0 fully saturated rings. The maximum absolute atomic E-state index is 6.69. The molecule has 0 radical (unpaired) electrons. The first-order valence-corrected chi connectivity index (χ1v) is 15.3. The molecule has 0 aliphatic carbocycles. The molecule has 0 unspecified atom stereocenters. The molecule has 7 aromatic rings. The van der Waals surface area contributed by atoms with Gasteiger partial charge in [0.25, 0.3) is 0 Å². The molecule has 1 aliphatic rings. The minimum atomic E-state index is 0.0738. The molecule has 0 aromatic heterocycles. The van der Waals surface area contributed by atoms with Gasteiger partial charge in [0.15, 0.2) is 0 Å². The van der Waals surface area contributed by atoms with Crippen molar-refractivity contribution in [1.29, 1.82) is 0 Å². The second kappa shape index (κ2) is 11.1. The smallest absolute Gasteiger partial charge is 0.127 e. The van der Waals surface area contributed by atoms with Crippen molar-refractivity contribution in [1.82, 2.24) is 0 Å². The van der Waals surface area contributed by atoms with Gasteiger partial charge in [-0.05, 0) is 68.4 Å². The quantitative estimate of drug-likeness (QED) is 0.211. The van der Waals surface area contributed by atoms with Gasteiger partial charge < -0.3 is 9.47 Å². The van der Waals surface area contributed by atoms with Crippen molar-refractivity contribution in [3.05, 3.63) is 157 Å². The molecule has 1 aliphatic heterocycles. The van der Waals surface area contributed by atoms with Crippen molar-refractivity contribution in [3.63, 3.8) is 0 Å². The summed E-state index contributed by atoms with van der Waals surface area (Å²) in [7, 11) is 0. The third-order valence-corrected chi connectivity index (χ3v) is 8.90. The molecule has 8 rings (SSSR count). The molecule has 2 nitrogen and oxygen atoms in total. The zero-order valence-corrected chi connectivity index (χ0v) is 24.7. The Balaban J connectivity index is 1.13. The van der Waals surface area contributed by atoms with Gasteiger partial charge in [0.2, 0.25) is 0 Å². The predicted octanol–water partition coefficient (Wildman–Crippen LogP) is 10.9. The standard InChI is InChI=1S/C42H32O2/c1-28-10-12-29(13-11-28)30-14-16-31(17-15-30)32-18-20-33(21-19-32)36-26-43-39-24-22-34-6-2-4-8-37(34)41(39)42-38-9-5-3-7-35(38)23-25-40(42)44-27-36/h2-25,36H,26-27H2,1H3. The van der Waals surface area contributed by atoms with Crippen molar-refractivity contribution in [2.45, 2.75) is 12.8 Å². The van der Waals surface area contributed by atoms with Gasteiger partial charge in [0.05, 0.1) is 19.1 Å². The molecule has 212 valence electrons. The second-order valence-corrected chi connectivity index (χ2v) is 11.7. The lowest BCUT2D eigenvalue weighted by atomic mass is 9.92. The highest BCUT2D eigenvalue weighted by Crippen LogP contribution is 2.46. The number of ether oxygens (including phenoxy) is 2. The van der Waals surface area contributed by atoms with Gasteiger partial charge in [-0.25, -0.2) is 0 Å². The first-order chi connectivity index (χ1) is 21.7. The second-order valence-electron chi connectivity index (χ2n) is 11.7. The number of hydrogen-bond acceptors (Lipinski definition) is 2. The lowest BCUT2D eigenvalue weighted by molar-refractivity contribution is 0.223. The van der Waals surface area contributed by atoms with Crippen LogP contribution in [-0.2, 0) is 0 Å². The summed E-state index contributed by atoms with van der Waals surface area (Å²) < 4.78 is 13.4. The van der Waals surface area contributed by atoms with E-state index in [0.717, 1.165) is 22.6 Å². The molecular formula is C42H32O2. The first-order valence-electron chi connectivity index (χ1n) is 15.3. The average molecular weight is 569 g/mol. The van der Waals surface area contributed by atoms with E-state index < -0.39 is 0 Å². The Kier molecular flexibility index (Phi) is 6.61. The van der Waals surface area contributed by atoms with Crippen molar-refractivity contribution < 1.29 is 9.47 Å². The maximum atomic E-state index is 6.69. The third kappa shape index (κ3) is 4.79. The van der Waals surface area contributed by atoms with Crippen molar-refractivity contribution in [3.8, 4) is 44.9 Å². The van der Waals surface area contributed by atoms with Crippen LogP contribution in [0.2, 0.25) is 0 Å². The Labute approximate surface area is 258 Å². The van der Waals surface area contributed by atoms with Gasteiger partial charge in [-0.1, -0.05) is 139 Å². The van der Waals surface area contributed by atoms with Crippen LogP contribution in [0.15, 0.2) is 146 Å². The Hall–Kier alpha value is -5.34. The van der Waals surface area contributed by atoms with Crippen LogP contribution in [0.4, 0.5) is 0 Å². The molecule has 0 amide bonds. The molecule has 0 saturated carbocycles. The van der Waals surface area contributed by atoms with E-state index in [9.17, 15) is 0 Å². The normalized spacial score (nSPS) is 13.2. The van der Waals surface area contributed by atoms with E-state index in [1.165, 1.54) is 54.9 Å². The lowest BCUT2D eigenvalue weighted by Crippen LogP contribution is -2.17. The van der Waals surface area contributed by atoms with E-state index in [2.05, 4.69) is 153 Å². The molecule has 0 atom stereocenters. The van der Waals surface area contributed by atoms with Crippen molar-refractivity contribution >= 4 is 21.5 Å². The highest BCUT2D eigenvalue weighted by atomic mass is 16.5. The zero-order valence-electron chi connectivity index (χ0n) is 24.7. The van der Waals surface area contributed by atoms with Gasteiger partial charge in [-0.3, -0.25) is 0 Å². The fourth-order valence-corrected chi connectivity index (χ4v) is 6.43. The number of benzene rings is 7. The van der Waals surface area contributed by atoms with Gasteiger partial charge >= 0.3 is 0 Å². The minimum Gasteiger partial charge on any atom is -0.492 e. The highest BCUT2D eigenvalue weighted by molar-refractivity contribution is 6.09. The summed E-state index contributed by atoms with van der Waals surface area (Å²) in [5, 5.41) is 4.71. The average Bonchev–Trinajstić information content (AvgIpc) is 3.17. The van der Waals surface area contributed by atoms with E-state index in [1.54, 1.807) is 0 Å². The molecule has 2 heteroatoms. The van der Waals surface area contributed by atoms with Crippen molar-refractivity contribution in [2.75, 3.05) is 13.2 Å². The van der Waals surface area contributed by atoms with Crippen LogP contribution in [0, 0.1) is 6.92 Å². The van der Waals surface area contributed by atoms with E-state index >= 15 is 0 Å². The first kappa shape index (κ1) is 26.3. The van der Waals surface area contributed by atoms with E-state index in [4.69, 9.17) is 9.47 Å². The Morgan fingerprint density at radius 2 is 0.841 bits per heavy atom. The topological polar surface area (TPSA) is 18.5 Å². The highest BCUT2D eigenvalue weighted by Gasteiger charge is 2.24. The molecule has 0 spiro atoms. The van der Waals surface area contributed by atoms with Gasteiger partial charge in [0, 0.05) is 11.1 Å². The molecule has 0 bridgehead atoms. The number of fused-ring (bicyclic) bond motifs is 7. The van der Waals surface area contributed by atoms with Crippen LogP contribution < -0.4 is 9.47 Å². The largest absolute Gasteiger partial charge is 0.492 e. The summed E-state index contributed by atoms with van der Waals surface area (Å²) >= 11 is 0. The lowest BCUT2D eigenvalue weighted by Gasteiger charge is -2.18. The summed E-state index contributed by atoms with van der Waals surface area (Å²) in [6.07, 6.45) is 0. The molecule has 0 saturated heterocycles.